The Labute approximate surface area is 131 Å². The molecule has 0 unspecified atom stereocenters. The topological polar surface area (TPSA) is 49.4 Å². The average Bonchev–Trinajstić information content (AvgIpc) is 3.12. The number of rotatable bonds is 2. The van der Waals surface area contributed by atoms with Gasteiger partial charge in [-0.2, -0.15) is 0 Å². The van der Waals surface area contributed by atoms with Crippen LogP contribution < -0.4 is 5.32 Å². The molecule has 2 fully saturated rings. The number of hydrogen-bond donors (Lipinski definition) is 1. The van der Waals surface area contributed by atoms with Gasteiger partial charge >= 0.3 is 0 Å². The van der Waals surface area contributed by atoms with E-state index in [1.54, 1.807) is 4.90 Å². The monoisotopic (exact) mass is 300 g/mol. The summed E-state index contributed by atoms with van der Waals surface area (Å²) in [6, 6.07) is 8.27. The minimum Gasteiger partial charge on any atom is -0.354 e. The highest BCUT2D eigenvalue weighted by molar-refractivity contribution is 5.95. The summed E-state index contributed by atoms with van der Waals surface area (Å²) in [6.07, 6.45) is 1.67. The Kier molecular flexibility index (Phi) is 3.50. The van der Waals surface area contributed by atoms with Crippen LogP contribution in [0.5, 0.6) is 0 Å². The molecule has 0 spiro atoms. The fourth-order valence-corrected chi connectivity index (χ4v) is 3.69. The van der Waals surface area contributed by atoms with Crippen LogP contribution in [0.1, 0.15) is 37.8 Å². The predicted octanol–water partition coefficient (Wildman–Crippen LogP) is 2.01. The highest BCUT2D eigenvalue weighted by Gasteiger charge is 2.68. The van der Waals surface area contributed by atoms with Crippen molar-refractivity contribution in [2.75, 3.05) is 19.6 Å². The standard InChI is InChI=1S/C18H24N2O2/c1-13-5-7-14(8-6-13)18(12-17(18,2)3)16(22)20-10-4-9-19-15(21)11-20/h5-8H,4,9-12H2,1-3H3,(H,19,21)/t18-/m1/s1. The zero-order valence-electron chi connectivity index (χ0n) is 13.6. The van der Waals surface area contributed by atoms with Crippen LogP contribution in [-0.2, 0) is 15.0 Å². The van der Waals surface area contributed by atoms with Crippen molar-refractivity contribution in [3.05, 3.63) is 35.4 Å². The van der Waals surface area contributed by atoms with Gasteiger partial charge in [-0.1, -0.05) is 43.7 Å². The number of nitrogens with one attached hydrogen (secondary N) is 1. The molecular weight excluding hydrogens is 276 g/mol. The Bertz CT molecular complexity index is 606. The number of nitrogens with zero attached hydrogens (tertiary/aromatic N) is 1. The van der Waals surface area contributed by atoms with E-state index in [4.69, 9.17) is 0 Å². The van der Waals surface area contributed by atoms with E-state index in [2.05, 4.69) is 50.4 Å². The van der Waals surface area contributed by atoms with Gasteiger partial charge in [0.05, 0.1) is 12.0 Å². The predicted molar refractivity (Wildman–Crippen MR) is 85.5 cm³/mol. The van der Waals surface area contributed by atoms with Gasteiger partial charge in [0, 0.05) is 13.1 Å². The summed E-state index contributed by atoms with van der Waals surface area (Å²) in [7, 11) is 0. The Morgan fingerprint density at radius 3 is 2.45 bits per heavy atom. The molecule has 22 heavy (non-hydrogen) atoms. The number of hydrogen-bond acceptors (Lipinski definition) is 2. The quantitative estimate of drug-likeness (QED) is 0.908. The van der Waals surface area contributed by atoms with Crippen LogP contribution in [0, 0.1) is 12.3 Å². The fraction of sp³-hybridized carbons (Fsp3) is 0.556. The smallest absolute Gasteiger partial charge is 0.239 e. The maximum atomic E-state index is 13.2. The van der Waals surface area contributed by atoms with Crippen molar-refractivity contribution in [3.8, 4) is 0 Å². The van der Waals surface area contributed by atoms with Crippen molar-refractivity contribution < 1.29 is 9.59 Å². The van der Waals surface area contributed by atoms with E-state index in [-0.39, 0.29) is 23.8 Å². The molecule has 3 rings (SSSR count). The molecule has 0 radical (unpaired) electrons. The second-order valence-corrected chi connectivity index (χ2v) is 7.26. The Hall–Kier alpha value is -1.84. The molecule has 1 heterocycles. The number of carbonyl (C=O) groups is 2. The van der Waals surface area contributed by atoms with Crippen molar-refractivity contribution in [3.63, 3.8) is 0 Å². The second kappa shape index (κ2) is 5.11. The van der Waals surface area contributed by atoms with Crippen LogP contribution in [0.15, 0.2) is 24.3 Å². The van der Waals surface area contributed by atoms with Gasteiger partial charge in [-0.3, -0.25) is 9.59 Å². The first-order valence-electron chi connectivity index (χ1n) is 8.00. The van der Waals surface area contributed by atoms with E-state index < -0.39 is 5.41 Å². The van der Waals surface area contributed by atoms with Crippen LogP contribution in [0.2, 0.25) is 0 Å². The summed E-state index contributed by atoms with van der Waals surface area (Å²) in [5.41, 5.74) is 1.75. The van der Waals surface area contributed by atoms with Crippen molar-refractivity contribution in [1.82, 2.24) is 10.2 Å². The summed E-state index contributed by atoms with van der Waals surface area (Å²) >= 11 is 0. The van der Waals surface area contributed by atoms with Crippen LogP contribution in [0.25, 0.3) is 0 Å². The summed E-state index contributed by atoms with van der Waals surface area (Å²) in [4.78, 5) is 26.8. The van der Waals surface area contributed by atoms with Crippen molar-refractivity contribution in [2.24, 2.45) is 5.41 Å². The molecule has 1 N–H and O–H groups in total. The molecule has 1 atom stereocenters. The molecule has 1 aliphatic heterocycles. The Morgan fingerprint density at radius 2 is 1.86 bits per heavy atom. The number of aryl methyl sites for hydroxylation is 1. The van der Waals surface area contributed by atoms with Crippen LogP contribution in [-0.4, -0.2) is 36.3 Å². The molecule has 1 aromatic carbocycles. The largest absolute Gasteiger partial charge is 0.354 e. The molecular formula is C18H24N2O2. The molecule has 1 saturated heterocycles. The van der Waals surface area contributed by atoms with Crippen LogP contribution in [0.3, 0.4) is 0 Å². The zero-order valence-corrected chi connectivity index (χ0v) is 13.6. The van der Waals surface area contributed by atoms with E-state index in [1.807, 2.05) is 0 Å². The van der Waals surface area contributed by atoms with Crippen LogP contribution >= 0.6 is 0 Å². The van der Waals surface area contributed by atoms with Gasteiger partial charge in [-0.15, -0.1) is 0 Å². The molecule has 1 aliphatic carbocycles. The fourth-order valence-electron chi connectivity index (χ4n) is 3.69. The average molecular weight is 300 g/mol. The summed E-state index contributed by atoms with van der Waals surface area (Å²) in [5, 5.41) is 2.84. The Morgan fingerprint density at radius 1 is 1.23 bits per heavy atom. The van der Waals surface area contributed by atoms with Gasteiger partial charge in [0.25, 0.3) is 0 Å². The SMILES string of the molecule is Cc1ccc([C@@]2(C(=O)N3CCCNC(=O)C3)CC2(C)C)cc1. The number of amides is 2. The summed E-state index contributed by atoms with van der Waals surface area (Å²) in [5.74, 6) is 0.0572. The zero-order chi connectivity index (χ0) is 16.0. The molecule has 4 heteroatoms. The van der Waals surface area contributed by atoms with E-state index in [0.29, 0.717) is 13.1 Å². The first-order valence-corrected chi connectivity index (χ1v) is 8.00. The maximum absolute atomic E-state index is 13.2. The molecule has 2 amide bonds. The maximum Gasteiger partial charge on any atom is 0.239 e. The van der Waals surface area contributed by atoms with E-state index in [1.165, 1.54) is 5.56 Å². The summed E-state index contributed by atoms with van der Waals surface area (Å²) in [6.45, 7) is 7.83. The highest BCUT2D eigenvalue weighted by atomic mass is 16.2. The van der Waals surface area contributed by atoms with E-state index in [0.717, 1.165) is 18.4 Å². The molecule has 1 aromatic rings. The first kappa shape index (κ1) is 15.1. The molecule has 4 nitrogen and oxygen atoms in total. The lowest BCUT2D eigenvalue weighted by atomic mass is 9.86. The molecule has 1 saturated carbocycles. The number of benzene rings is 1. The van der Waals surface area contributed by atoms with Crippen LogP contribution in [0.4, 0.5) is 0 Å². The summed E-state index contributed by atoms with van der Waals surface area (Å²) < 4.78 is 0. The van der Waals surface area contributed by atoms with Crippen molar-refractivity contribution in [2.45, 2.75) is 39.0 Å². The third kappa shape index (κ3) is 2.31. The van der Waals surface area contributed by atoms with Gasteiger partial charge in [0.2, 0.25) is 11.8 Å². The first-order chi connectivity index (χ1) is 10.4. The highest BCUT2D eigenvalue weighted by Crippen LogP contribution is 2.65. The van der Waals surface area contributed by atoms with E-state index >= 15 is 0 Å². The van der Waals surface area contributed by atoms with E-state index in [9.17, 15) is 9.59 Å². The minimum absolute atomic E-state index is 0.0524. The van der Waals surface area contributed by atoms with Gasteiger partial charge < -0.3 is 10.2 Å². The van der Waals surface area contributed by atoms with Gasteiger partial charge in [-0.25, -0.2) is 0 Å². The third-order valence-electron chi connectivity index (χ3n) is 5.20. The second-order valence-electron chi connectivity index (χ2n) is 7.26. The normalized spacial score (nSPS) is 27.0. The molecule has 0 aromatic heterocycles. The molecule has 118 valence electrons. The lowest BCUT2D eigenvalue weighted by Gasteiger charge is -2.28. The third-order valence-corrected chi connectivity index (χ3v) is 5.20. The lowest BCUT2D eigenvalue weighted by molar-refractivity contribution is -0.138. The van der Waals surface area contributed by atoms with Crippen molar-refractivity contribution >= 4 is 11.8 Å². The van der Waals surface area contributed by atoms with Gasteiger partial charge in [-0.05, 0) is 30.7 Å². The van der Waals surface area contributed by atoms with Gasteiger partial charge in [0.15, 0.2) is 0 Å². The number of carbonyl (C=O) groups excluding carboxylic acids is 2. The molecule has 2 aliphatic rings. The lowest BCUT2D eigenvalue weighted by Crippen LogP contribution is -2.44. The van der Waals surface area contributed by atoms with Crippen molar-refractivity contribution in [1.29, 1.82) is 0 Å². The van der Waals surface area contributed by atoms with Gasteiger partial charge in [0.1, 0.15) is 0 Å². The minimum atomic E-state index is -0.467. The Balaban J connectivity index is 1.93. The molecule has 0 bridgehead atoms.